The lowest BCUT2D eigenvalue weighted by atomic mass is 9.86. The first-order chi connectivity index (χ1) is 13.4. The number of anilines is 1. The molecule has 2 amide bonds. The Kier molecular flexibility index (Phi) is 4.33. The molecule has 0 saturated heterocycles. The fourth-order valence-electron chi connectivity index (χ4n) is 3.66. The Morgan fingerprint density at radius 3 is 2.89 bits per heavy atom. The van der Waals surface area contributed by atoms with Crippen LogP contribution in [0.15, 0.2) is 42.5 Å². The number of carbonyl (C=O) groups is 1. The van der Waals surface area contributed by atoms with Crippen LogP contribution in [-0.2, 0) is 6.42 Å². The molecule has 0 radical (unpaired) electrons. The number of allylic oxidation sites excluding steroid dienone is 1. The maximum absolute atomic E-state index is 12.6. The smallest absolute Gasteiger partial charge is 0.319 e. The van der Waals surface area contributed by atoms with Crippen molar-refractivity contribution in [1.29, 1.82) is 5.26 Å². The summed E-state index contributed by atoms with van der Waals surface area (Å²) >= 11 is 0. The van der Waals surface area contributed by atoms with Crippen molar-refractivity contribution in [2.45, 2.75) is 38.0 Å². The van der Waals surface area contributed by atoms with Gasteiger partial charge in [-0.3, -0.25) is 0 Å². The monoisotopic (exact) mass is 375 g/mol. The number of rotatable bonds is 2. The number of benzene rings is 2. The van der Waals surface area contributed by atoms with Gasteiger partial charge in [0.25, 0.3) is 0 Å². The highest BCUT2D eigenvalue weighted by molar-refractivity contribution is 5.90. The van der Waals surface area contributed by atoms with Crippen LogP contribution in [0.3, 0.4) is 0 Å². The lowest BCUT2D eigenvalue weighted by Gasteiger charge is -2.42. The van der Waals surface area contributed by atoms with E-state index in [1.54, 1.807) is 32.0 Å². The molecule has 2 aromatic carbocycles. The van der Waals surface area contributed by atoms with Crippen molar-refractivity contribution < 1.29 is 14.6 Å². The molecule has 6 nitrogen and oxygen atoms in total. The molecule has 2 atom stereocenters. The summed E-state index contributed by atoms with van der Waals surface area (Å²) < 4.78 is 5.87. The molecule has 3 N–H and O–H groups in total. The number of fused-ring (bicyclic) bond motifs is 2. The molecule has 1 aliphatic heterocycles. The molecule has 0 bridgehead atoms. The first-order valence-corrected chi connectivity index (χ1v) is 9.15. The molecule has 1 aliphatic carbocycles. The van der Waals surface area contributed by atoms with Crippen molar-refractivity contribution in [2.24, 2.45) is 0 Å². The molecule has 0 spiro atoms. The number of amides is 2. The number of nitrogens with zero attached hydrogens (tertiary/aromatic N) is 1. The lowest BCUT2D eigenvalue weighted by Crippen LogP contribution is -2.54. The van der Waals surface area contributed by atoms with Crippen LogP contribution in [0.2, 0.25) is 0 Å². The summed E-state index contributed by atoms with van der Waals surface area (Å²) in [5.74, 6) is 0.544. The Bertz CT molecular complexity index is 1020. The van der Waals surface area contributed by atoms with Gasteiger partial charge >= 0.3 is 6.03 Å². The fourth-order valence-corrected chi connectivity index (χ4v) is 3.66. The van der Waals surface area contributed by atoms with Crippen LogP contribution in [0.1, 0.15) is 42.1 Å². The van der Waals surface area contributed by atoms with Gasteiger partial charge in [-0.05, 0) is 61.7 Å². The van der Waals surface area contributed by atoms with E-state index in [1.165, 1.54) is 5.56 Å². The molecule has 1 heterocycles. The van der Waals surface area contributed by atoms with Crippen molar-refractivity contribution in [3.63, 3.8) is 0 Å². The van der Waals surface area contributed by atoms with E-state index >= 15 is 0 Å². The highest BCUT2D eigenvalue weighted by Crippen LogP contribution is 2.40. The van der Waals surface area contributed by atoms with E-state index in [0.29, 0.717) is 22.6 Å². The first kappa shape index (κ1) is 18.1. The van der Waals surface area contributed by atoms with Gasteiger partial charge in [0.2, 0.25) is 0 Å². The number of aliphatic hydroxyl groups is 1. The van der Waals surface area contributed by atoms with Gasteiger partial charge in [0.15, 0.2) is 0 Å². The Hall–Kier alpha value is -3.30. The van der Waals surface area contributed by atoms with Crippen LogP contribution in [0.5, 0.6) is 5.75 Å². The van der Waals surface area contributed by atoms with Crippen molar-refractivity contribution in [2.75, 3.05) is 5.32 Å². The van der Waals surface area contributed by atoms with E-state index in [0.717, 1.165) is 12.0 Å². The molecule has 4 rings (SSSR count). The van der Waals surface area contributed by atoms with Crippen molar-refractivity contribution in [1.82, 2.24) is 5.32 Å². The standard InChI is InChI=1S/C22H21N3O3/c1-22(2)20(26)19(17-10-13(12-23)6-9-18(17)28-22)25-21(27)24-16-8-7-14-4-3-5-15(14)11-16/h3,5-11,19-20,26H,4H2,1-2H3,(H2,24,25,27)/t19-,20+/m1/s1. The van der Waals surface area contributed by atoms with E-state index in [4.69, 9.17) is 4.74 Å². The van der Waals surface area contributed by atoms with Gasteiger partial charge in [-0.15, -0.1) is 0 Å². The zero-order valence-electron chi connectivity index (χ0n) is 15.7. The highest BCUT2D eigenvalue weighted by Gasteiger charge is 2.43. The second-order valence-corrected chi connectivity index (χ2v) is 7.61. The number of hydrogen-bond acceptors (Lipinski definition) is 4. The van der Waals surface area contributed by atoms with E-state index in [1.807, 2.05) is 24.3 Å². The van der Waals surface area contributed by atoms with Crippen molar-refractivity contribution in [3.8, 4) is 11.8 Å². The minimum Gasteiger partial charge on any atom is -0.485 e. The zero-order valence-corrected chi connectivity index (χ0v) is 15.7. The van der Waals surface area contributed by atoms with Crippen LogP contribution < -0.4 is 15.4 Å². The van der Waals surface area contributed by atoms with E-state index in [2.05, 4.69) is 22.8 Å². The number of carbonyl (C=O) groups excluding carboxylic acids is 1. The normalized spacial score (nSPS) is 21.1. The molecule has 0 fully saturated rings. The Morgan fingerprint density at radius 2 is 2.11 bits per heavy atom. The largest absolute Gasteiger partial charge is 0.485 e. The summed E-state index contributed by atoms with van der Waals surface area (Å²) in [4.78, 5) is 12.6. The number of urea groups is 1. The van der Waals surface area contributed by atoms with Crippen molar-refractivity contribution in [3.05, 3.63) is 64.7 Å². The molecular formula is C22H21N3O3. The van der Waals surface area contributed by atoms with E-state index in [-0.39, 0.29) is 0 Å². The molecule has 2 aliphatic rings. The zero-order chi connectivity index (χ0) is 19.9. The summed E-state index contributed by atoms with van der Waals surface area (Å²) in [7, 11) is 0. The maximum atomic E-state index is 12.6. The topological polar surface area (TPSA) is 94.4 Å². The van der Waals surface area contributed by atoms with Gasteiger partial charge in [-0.25, -0.2) is 4.79 Å². The molecule has 0 unspecified atom stereocenters. The predicted octanol–water partition coefficient (Wildman–Crippen LogP) is 3.52. The fraction of sp³-hybridized carbons (Fsp3) is 0.273. The Labute approximate surface area is 163 Å². The van der Waals surface area contributed by atoms with Gasteiger partial charge in [-0.2, -0.15) is 5.26 Å². The third kappa shape index (κ3) is 3.21. The van der Waals surface area contributed by atoms with Crippen LogP contribution in [0.4, 0.5) is 10.5 Å². The van der Waals surface area contributed by atoms with Gasteiger partial charge in [0.05, 0.1) is 17.7 Å². The maximum Gasteiger partial charge on any atom is 0.319 e. The molecule has 6 heteroatoms. The van der Waals surface area contributed by atoms with Gasteiger partial charge in [-0.1, -0.05) is 18.2 Å². The molecule has 2 aromatic rings. The van der Waals surface area contributed by atoms with Crippen LogP contribution in [-0.4, -0.2) is 22.8 Å². The minimum atomic E-state index is -0.984. The molecule has 0 saturated carbocycles. The van der Waals surface area contributed by atoms with E-state index < -0.39 is 23.8 Å². The SMILES string of the molecule is CC1(C)Oc2ccc(C#N)cc2[C@@H](NC(=O)Nc2ccc3c(c2)C=CC3)[C@@H]1O. The summed E-state index contributed by atoms with van der Waals surface area (Å²) in [6.45, 7) is 3.52. The van der Waals surface area contributed by atoms with Gasteiger partial charge in [0, 0.05) is 11.3 Å². The summed E-state index contributed by atoms with van der Waals surface area (Å²) in [6.07, 6.45) is 4.03. The molecule has 0 aromatic heterocycles. The van der Waals surface area contributed by atoms with Gasteiger partial charge in [0.1, 0.15) is 17.5 Å². The van der Waals surface area contributed by atoms with Crippen LogP contribution in [0.25, 0.3) is 6.08 Å². The molecular weight excluding hydrogens is 354 g/mol. The minimum absolute atomic E-state index is 0.433. The van der Waals surface area contributed by atoms with Crippen LogP contribution in [0, 0.1) is 11.3 Å². The third-order valence-corrected chi connectivity index (χ3v) is 5.20. The second kappa shape index (κ2) is 6.70. The number of aliphatic hydroxyl groups excluding tert-OH is 1. The summed E-state index contributed by atoms with van der Waals surface area (Å²) in [5, 5.41) is 25.6. The first-order valence-electron chi connectivity index (χ1n) is 9.15. The third-order valence-electron chi connectivity index (χ3n) is 5.20. The number of nitrogens with one attached hydrogen (secondary N) is 2. The quantitative estimate of drug-likeness (QED) is 0.748. The van der Waals surface area contributed by atoms with Crippen LogP contribution >= 0.6 is 0 Å². The number of hydrogen-bond donors (Lipinski definition) is 3. The number of nitriles is 1. The average molecular weight is 375 g/mol. The van der Waals surface area contributed by atoms with E-state index in [9.17, 15) is 15.2 Å². The lowest BCUT2D eigenvalue weighted by molar-refractivity contribution is -0.0618. The van der Waals surface area contributed by atoms with Crippen molar-refractivity contribution >= 4 is 17.8 Å². The summed E-state index contributed by atoms with van der Waals surface area (Å²) in [6, 6.07) is 11.7. The highest BCUT2D eigenvalue weighted by atomic mass is 16.5. The second-order valence-electron chi connectivity index (χ2n) is 7.61. The summed E-state index contributed by atoms with van der Waals surface area (Å²) in [5.41, 5.74) is 3.12. The molecule has 142 valence electrons. The van der Waals surface area contributed by atoms with Gasteiger partial charge < -0.3 is 20.5 Å². The average Bonchev–Trinajstić information content (AvgIpc) is 3.13. The predicted molar refractivity (Wildman–Crippen MR) is 106 cm³/mol. The Morgan fingerprint density at radius 1 is 1.29 bits per heavy atom. The number of ether oxygens (including phenoxy) is 1. The Balaban J connectivity index is 1.58. The molecule has 28 heavy (non-hydrogen) atoms.